The third-order valence-electron chi connectivity index (χ3n) is 1.95. The molecule has 0 fully saturated rings. The molecule has 0 unspecified atom stereocenters. The molecular weight excluding hydrogens is 254 g/mol. The van der Waals surface area contributed by atoms with Crippen molar-refractivity contribution in [2.24, 2.45) is 0 Å². The molecular formula is C9H12F6O2. The molecule has 0 bridgehead atoms. The summed E-state index contributed by atoms with van der Waals surface area (Å²) < 4.78 is 81.1. The molecule has 0 radical (unpaired) electrons. The molecule has 0 N–H and O–H groups in total. The van der Waals surface area contributed by atoms with Gasteiger partial charge in [-0.15, -0.1) is 0 Å². The van der Waals surface area contributed by atoms with Crippen LogP contribution in [0.3, 0.4) is 0 Å². The summed E-state index contributed by atoms with van der Waals surface area (Å²) in [6.07, 6.45) is -1.88. The van der Waals surface area contributed by atoms with Crippen molar-refractivity contribution >= 4 is 5.97 Å². The van der Waals surface area contributed by atoms with Gasteiger partial charge in [0.15, 0.2) is 0 Å². The van der Waals surface area contributed by atoms with Crippen LogP contribution < -0.4 is 0 Å². The van der Waals surface area contributed by atoms with Crippen LogP contribution in [0.15, 0.2) is 0 Å². The molecule has 0 saturated heterocycles. The monoisotopic (exact) mass is 266 g/mol. The van der Waals surface area contributed by atoms with Gasteiger partial charge < -0.3 is 4.74 Å². The molecule has 0 aliphatic carbocycles. The van der Waals surface area contributed by atoms with Crippen LogP contribution >= 0.6 is 0 Å². The quantitative estimate of drug-likeness (QED) is 0.545. The number of esters is 1. The zero-order valence-corrected chi connectivity index (χ0v) is 9.21. The Balaban J connectivity index is 5.20. The van der Waals surface area contributed by atoms with Crippen molar-refractivity contribution < 1.29 is 35.9 Å². The summed E-state index contributed by atoms with van der Waals surface area (Å²) in [7, 11) is 0. The van der Waals surface area contributed by atoms with Crippen molar-refractivity contribution in [3.05, 3.63) is 0 Å². The fourth-order valence-corrected chi connectivity index (χ4v) is 1.05. The van der Waals surface area contributed by atoms with Crippen molar-refractivity contribution in [1.82, 2.24) is 0 Å². The Morgan fingerprint density at radius 3 is 1.88 bits per heavy atom. The van der Waals surface area contributed by atoms with Crippen LogP contribution in [-0.4, -0.2) is 30.3 Å². The Labute approximate surface area is 93.9 Å². The lowest BCUT2D eigenvalue weighted by molar-refractivity contribution is -0.306. The number of carbonyl (C=O) groups excluding carboxylic acids is 1. The maximum absolute atomic E-state index is 12.9. The molecule has 0 aromatic heterocycles. The van der Waals surface area contributed by atoms with Gasteiger partial charge >= 0.3 is 23.7 Å². The Kier molecular flexibility index (Phi) is 4.85. The molecule has 0 aliphatic heterocycles. The molecule has 0 atom stereocenters. The van der Waals surface area contributed by atoms with Crippen LogP contribution in [0.5, 0.6) is 0 Å². The average Bonchev–Trinajstić information content (AvgIpc) is 2.17. The summed E-state index contributed by atoms with van der Waals surface area (Å²) in [4.78, 5) is 10.6. The number of hydrogen-bond donors (Lipinski definition) is 0. The second-order valence-corrected chi connectivity index (χ2v) is 3.32. The molecule has 0 heterocycles. The highest BCUT2D eigenvalue weighted by atomic mass is 19.3. The van der Waals surface area contributed by atoms with Crippen molar-refractivity contribution in [3.63, 3.8) is 0 Å². The molecule has 0 spiro atoms. The fraction of sp³-hybridized carbons (Fsp3) is 0.889. The van der Waals surface area contributed by atoms with Gasteiger partial charge in [0.25, 0.3) is 0 Å². The molecule has 2 nitrogen and oxygen atoms in total. The van der Waals surface area contributed by atoms with E-state index in [-0.39, 0.29) is 0 Å². The molecule has 0 rings (SSSR count). The Hall–Kier alpha value is -0.950. The van der Waals surface area contributed by atoms with Crippen LogP contribution in [-0.2, 0) is 9.53 Å². The fourth-order valence-electron chi connectivity index (χ4n) is 1.05. The van der Waals surface area contributed by atoms with E-state index in [2.05, 4.69) is 4.74 Å². The van der Waals surface area contributed by atoms with E-state index in [0.29, 0.717) is 0 Å². The minimum Gasteiger partial charge on any atom is -0.461 e. The molecule has 0 aromatic rings. The summed E-state index contributed by atoms with van der Waals surface area (Å²) >= 11 is 0. The average molecular weight is 266 g/mol. The van der Waals surface area contributed by atoms with E-state index in [4.69, 9.17) is 0 Å². The topological polar surface area (TPSA) is 26.3 Å². The summed E-state index contributed by atoms with van der Waals surface area (Å²) in [5.74, 6) is -19.0. The number of ether oxygens (including phenoxy) is 1. The zero-order valence-electron chi connectivity index (χ0n) is 9.21. The van der Waals surface area contributed by atoms with Crippen LogP contribution in [0, 0.1) is 0 Å². The number of halogens is 6. The van der Waals surface area contributed by atoms with Gasteiger partial charge in [0.05, 0.1) is 6.61 Å². The number of carbonyl (C=O) groups is 1. The normalized spacial score (nSPS) is 13.6. The zero-order chi connectivity index (χ0) is 13.9. The Morgan fingerprint density at radius 2 is 1.53 bits per heavy atom. The third-order valence-corrected chi connectivity index (χ3v) is 1.95. The van der Waals surface area contributed by atoms with Gasteiger partial charge in [-0.05, 0) is 6.92 Å². The van der Waals surface area contributed by atoms with E-state index in [1.54, 1.807) is 0 Å². The first kappa shape index (κ1) is 16.1. The molecule has 0 aromatic carbocycles. The van der Waals surface area contributed by atoms with E-state index in [9.17, 15) is 31.1 Å². The van der Waals surface area contributed by atoms with Crippen molar-refractivity contribution in [1.29, 1.82) is 0 Å². The van der Waals surface area contributed by atoms with E-state index in [0.717, 1.165) is 13.8 Å². The first-order chi connectivity index (χ1) is 7.54. The van der Waals surface area contributed by atoms with Crippen LogP contribution in [0.1, 0.15) is 26.7 Å². The molecule has 0 aliphatic rings. The van der Waals surface area contributed by atoms with Gasteiger partial charge in [-0.1, -0.05) is 13.3 Å². The number of alkyl halides is 6. The highest BCUT2D eigenvalue weighted by molar-refractivity contribution is 5.79. The van der Waals surface area contributed by atoms with Crippen molar-refractivity contribution in [3.8, 4) is 0 Å². The SMILES string of the molecule is CCCC(F)(F)C(F)(F)C(F)(F)C(=O)OCC. The van der Waals surface area contributed by atoms with E-state index < -0.39 is 43.2 Å². The summed E-state index contributed by atoms with van der Waals surface area (Å²) in [6, 6.07) is 0. The second-order valence-electron chi connectivity index (χ2n) is 3.32. The largest absolute Gasteiger partial charge is 0.461 e. The van der Waals surface area contributed by atoms with Crippen LogP contribution in [0.4, 0.5) is 26.3 Å². The molecule has 0 amide bonds. The van der Waals surface area contributed by atoms with E-state index in [1.165, 1.54) is 0 Å². The summed E-state index contributed by atoms with van der Waals surface area (Å²) in [6.45, 7) is 1.62. The smallest absolute Gasteiger partial charge is 0.410 e. The molecule has 17 heavy (non-hydrogen) atoms. The standard InChI is InChI=1S/C9H12F6O2/c1-3-5-7(10,11)9(14,15)8(12,13)6(16)17-4-2/h3-5H2,1-2H3. The number of rotatable bonds is 6. The van der Waals surface area contributed by atoms with Gasteiger partial charge in [-0.25, -0.2) is 4.79 Å². The second kappa shape index (κ2) is 5.14. The van der Waals surface area contributed by atoms with E-state index in [1.807, 2.05) is 0 Å². The lowest BCUT2D eigenvalue weighted by Crippen LogP contribution is -2.58. The Morgan fingerprint density at radius 1 is 1.06 bits per heavy atom. The highest BCUT2D eigenvalue weighted by Gasteiger charge is 2.75. The first-order valence-corrected chi connectivity index (χ1v) is 4.85. The molecule has 0 saturated carbocycles. The maximum Gasteiger partial charge on any atom is 0.410 e. The van der Waals surface area contributed by atoms with E-state index >= 15 is 0 Å². The third kappa shape index (κ3) is 2.84. The number of hydrogen-bond acceptors (Lipinski definition) is 2. The maximum atomic E-state index is 12.9. The van der Waals surface area contributed by atoms with Gasteiger partial charge in [0.1, 0.15) is 0 Å². The highest BCUT2D eigenvalue weighted by Crippen LogP contribution is 2.48. The van der Waals surface area contributed by atoms with Gasteiger partial charge in [0.2, 0.25) is 0 Å². The first-order valence-electron chi connectivity index (χ1n) is 4.85. The lowest BCUT2D eigenvalue weighted by Gasteiger charge is -2.31. The molecule has 8 heteroatoms. The summed E-state index contributed by atoms with van der Waals surface area (Å²) in [5, 5.41) is 0. The van der Waals surface area contributed by atoms with Gasteiger partial charge in [0, 0.05) is 6.42 Å². The van der Waals surface area contributed by atoms with Crippen LogP contribution in [0.25, 0.3) is 0 Å². The van der Waals surface area contributed by atoms with Crippen LogP contribution in [0.2, 0.25) is 0 Å². The van der Waals surface area contributed by atoms with Crippen molar-refractivity contribution in [2.45, 2.75) is 44.5 Å². The van der Waals surface area contributed by atoms with Gasteiger partial charge in [-0.3, -0.25) is 0 Å². The van der Waals surface area contributed by atoms with Crippen molar-refractivity contribution in [2.75, 3.05) is 6.61 Å². The molecule has 102 valence electrons. The Bertz CT molecular complexity index is 277. The minimum absolute atomic E-state index is 0.429. The summed E-state index contributed by atoms with van der Waals surface area (Å²) in [5.41, 5.74) is 0. The van der Waals surface area contributed by atoms with Gasteiger partial charge in [-0.2, -0.15) is 26.3 Å². The predicted molar refractivity (Wildman–Crippen MR) is 46.4 cm³/mol. The lowest BCUT2D eigenvalue weighted by atomic mass is 10.0. The predicted octanol–water partition coefficient (Wildman–Crippen LogP) is 3.26. The minimum atomic E-state index is -5.78.